The number of hydrogen-bond acceptors (Lipinski definition) is 2. The molecule has 13 heavy (non-hydrogen) atoms. The number of likely N-dealkylation sites (tertiary alicyclic amines) is 1. The first kappa shape index (κ1) is 9.47. The molecule has 0 spiro atoms. The number of rotatable bonds is 1. The van der Waals surface area contributed by atoms with Crippen LogP contribution in [0.5, 0.6) is 0 Å². The van der Waals surface area contributed by atoms with Gasteiger partial charge in [-0.05, 0) is 25.2 Å². The highest BCUT2D eigenvalue weighted by molar-refractivity contribution is 4.86. The first-order valence-electron chi connectivity index (χ1n) is 5.75. The standard InChI is InChI=1S/C11H22N2/c1-9-3-2-4-11(7-9)13-6-5-10(12)8-13/h9-11H,2-8,12H2,1H3/t9?,10-,11?/m1/s1. The summed E-state index contributed by atoms with van der Waals surface area (Å²) in [4.78, 5) is 2.63. The normalized spacial score (nSPS) is 42.5. The van der Waals surface area contributed by atoms with Crippen LogP contribution in [-0.4, -0.2) is 30.1 Å². The third-order valence-corrected chi connectivity index (χ3v) is 3.68. The maximum Gasteiger partial charge on any atom is 0.0180 e. The van der Waals surface area contributed by atoms with Crippen LogP contribution in [0.15, 0.2) is 0 Å². The Balaban J connectivity index is 1.85. The molecular formula is C11H22N2. The van der Waals surface area contributed by atoms with Crippen LogP contribution >= 0.6 is 0 Å². The van der Waals surface area contributed by atoms with Gasteiger partial charge in [-0.25, -0.2) is 0 Å². The minimum Gasteiger partial charge on any atom is -0.326 e. The van der Waals surface area contributed by atoms with Gasteiger partial charge in [0.2, 0.25) is 0 Å². The zero-order valence-electron chi connectivity index (χ0n) is 8.71. The van der Waals surface area contributed by atoms with E-state index in [1.54, 1.807) is 0 Å². The summed E-state index contributed by atoms with van der Waals surface area (Å²) in [5.74, 6) is 0.940. The van der Waals surface area contributed by atoms with Gasteiger partial charge < -0.3 is 5.73 Å². The predicted octanol–water partition coefficient (Wildman–Crippen LogP) is 1.60. The Hall–Kier alpha value is -0.0800. The van der Waals surface area contributed by atoms with E-state index in [0.29, 0.717) is 6.04 Å². The van der Waals surface area contributed by atoms with Gasteiger partial charge in [0.1, 0.15) is 0 Å². The lowest BCUT2D eigenvalue weighted by Gasteiger charge is -2.33. The maximum atomic E-state index is 5.92. The van der Waals surface area contributed by atoms with Gasteiger partial charge in [-0.3, -0.25) is 4.90 Å². The largest absolute Gasteiger partial charge is 0.326 e. The Labute approximate surface area is 81.5 Å². The lowest BCUT2D eigenvalue weighted by atomic mass is 9.86. The molecule has 2 N–H and O–H groups in total. The van der Waals surface area contributed by atoms with E-state index in [2.05, 4.69) is 11.8 Å². The van der Waals surface area contributed by atoms with Crippen LogP contribution in [0, 0.1) is 5.92 Å². The summed E-state index contributed by atoms with van der Waals surface area (Å²) in [5.41, 5.74) is 5.92. The minimum atomic E-state index is 0.456. The van der Waals surface area contributed by atoms with E-state index in [9.17, 15) is 0 Å². The molecule has 76 valence electrons. The fraction of sp³-hybridized carbons (Fsp3) is 1.00. The molecule has 3 atom stereocenters. The lowest BCUT2D eigenvalue weighted by molar-refractivity contribution is 0.162. The number of nitrogens with two attached hydrogens (primary N) is 1. The predicted molar refractivity (Wildman–Crippen MR) is 55.6 cm³/mol. The zero-order chi connectivity index (χ0) is 9.26. The van der Waals surface area contributed by atoms with Crippen LogP contribution in [0.1, 0.15) is 39.0 Å². The Morgan fingerprint density at radius 2 is 2.08 bits per heavy atom. The summed E-state index contributed by atoms with van der Waals surface area (Å²) >= 11 is 0. The molecule has 1 saturated carbocycles. The van der Waals surface area contributed by atoms with E-state index >= 15 is 0 Å². The highest BCUT2D eigenvalue weighted by atomic mass is 15.2. The number of nitrogens with zero attached hydrogens (tertiary/aromatic N) is 1. The van der Waals surface area contributed by atoms with Crippen molar-refractivity contribution < 1.29 is 0 Å². The van der Waals surface area contributed by atoms with Gasteiger partial charge in [-0.2, -0.15) is 0 Å². The molecular weight excluding hydrogens is 160 g/mol. The summed E-state index contributed by atoms with van der Waals surface area (Å²) in [5, 5.41) is 0. The Morgan fingerprint density at radius 3 is 2.69 bits per heavy atom. The molecule has 0 aromatic heterocycles. The van der Waals surface area contributed by atoms with Gasteiger partial charge >= 0.3 is 0 Å². The number of hydrogen-bond donors (Lipinski definition) is 1. The van der Waals surface area contributed by atoms with E-state index in [1.165, 1.54) is 38.6 Å². The second-order valence-electron chi connectivity index (χ2n) is 4.97. The second kappa shape index (κ2) is 3.97. The summed E-state index contributed by atoms with van der Waals surface area (Å²) in [6.45, 7) is 4.79. The highest BCUT2D eigenvalue weighted by Crippen LogP contribution is 2.28. The molecule has 1 heterocycles. The van der Waals surface area contributed by atoms with Crippen LogP contribution in [0.3, 0.4) is 0 Å². The monoisotopic (exact) mass is 182 g/mol. The van der Waals surface area contributed by atoms with E-state index in [-0.39, 0.29) is 0 Å². The molecule has 0 bridgehead atoms. The Morgan fingerprint density at radius 1 is 1.23 bits per heavy atom. The molecule has 1 saturated heterocycles. The molecule has 2 rings (SSSR count). The average molecular weight is 182 g/mol. The van der Waals surface area contributed by atoms with Gasteiger partial charge in [0.25, 0.3) is 0 Å². The van der Waals surface area contributed by atoms with Crippen molar-refractivity contribution in [3.63, 3.8) is 0 Å². The summed E-state index contributed by atoms with van der Waals surface area (Å²) in [6, 6.07) is 1.31. The van der Waals surface area contributed by atoms with Gasteiger partial charge in [-0.1, -0.05) is 19.8 Å². The van der Waals surface area contributed by atoms with Gasteiger partial charge in [0, 0.05) is 25.2 Å². The first-order chi connectivity index (χ1) is 6.25. The molecule has 1 aliphatic carbocycles. The van der Waals surface area contributed by atoms with Crippen LogP contribution < -0.4 is 5.73 Å². The summed E-state index contributed by atoms with van der Waals surface area (Å²) in [6.07, 6.45) is 6.91. The van der Waals surface area contributed by atoms with Crippen molar-refractivity contribution in [3.8, 4) is 0 Å². The van der Waals surface area contributed by atoms with Crippen molar-refractivity contribution >= 4 is 0 Å². The minimum absolute atomic E-state index is 0.456. The molecule has 2 heteroatoms. The maximum absolute atomic E-state index is 5.92. The molecule has 0 amide bonds. The molecule has 1 aliphatic heterocycles. The highest BCUT2D eigenvalue weighted by Gasteiger charge is 2.28. The molecule has 2 aliphatic rings. The average Bonchev–Trinajstić information content (AvgIpc) is 2.52. The summed E-state index contributed by atoms with van der Waals surface area (Å²) < 4.78 is 0. The van der Waals surface area contributed by atoms with Crippen molar-refractivity contribution in [2.75, 3.05) is 13.1 Å². The zero-order valence-corrected chi connectivity index (χ0v) is 8.71. The van der Waals surface area contributed by atoms with Crippen molar-refractivity contribution in [1.82, 2.24) is 4.90 Å². The Kier molecular flexibility index (Phi) is 2.89. The van der Waals surface area contributed by atoms with Crippen LogP contribution in [-0.2, 0) is 0 Å². The topological polar surface area (TPSA) is 29.3 Å². The van der Waals surface area contributed by atoms with E-state index in [1.807, 2.05) is 0 Å². The molecule has 2 nitrogen and oxygen atoms in total. The fourth-order valence-corrected chi connectivity index (χ4v) is 2.88. The molecule has 2 fully saturated rings. The fourth-order valence-electron chi connectivity index (χ4n) is 2.88. The lowest BCUT2D eigenvalue weighted by Crippen LogP contribution is -2.38. The molecule has 2 unspecified atom stereocenters. The van der Waals surface area contributed by atoms with Crippen LogP contribution in [0.4, 0.5) is 0 Å². The molecule has 0 aromatic carbocycles. The smallest absolute Gasteiger partial charge is 0.0180 e. The first-order valence-corrected chi connectivity index (χ1v) is 5.75. The molecule has 0 radical (unpaired) electrons. The molecule has 0 aromatic rings. The Bertz CT molecular complexity index is 169. The van der Waals surface area contributed by atoms with Gasteiger partial charge in [-0.15, -0.1) is 0 Å². The van der Waals surface area contributed by atoms with Gasteiger partial charge in [0.05, 0.1) is 0 Å². The van der Waals surface area contributed by atoms with Gasteiger partial charge in [0.15, 0.2) is 0 Å². The van der Waals surface area contributed by atoms with E-state index < -0.39 is 0 Å². The van der Waals surface area contributed by atoms with Crippen LogP contribution in [0.25, 0.3) is 0 Å². The SMILES string of the molecule is CC1CCCC(N2CC[C@@H](N)C2)C1. The van der Waals surface area contributed by atoms with E-state index in [0.717, 1.165) is 18.5 Å². The quantitative estimate of drug-likeness (QED) is 0.667. The second-order valence-corrected chi connectivity index (χ2v) is 4.97. The van der Waals surface area contributed by atoms with Crippen molar-refractivity contribution in [1.29, 1.82) is 0 Å². The third kappa shape index (κ3) is 2.23. The van der Waals surface area contributed by atoms with Crippen molar-refractivity contribution in [3.05, 3.63) is 0 Å². The summed E-state index contributed by atoms with van der Waals surface area (Å²) in [7, 11) is 0. The van der Waals surface area contributed by atoms with Crippen molar-refractivity contribution in [2.24, 2.45) is 11.7 Å². The van der Waals surface area contributed by atoms with E-state index in [4.69, 9.17) is 5.73 Å². The van der Waals surface area contributed by atoms with Crippen LogP contribution in [0.2, 0.25) is 0 Å². The van der Waals surface area contributed by atoms with Crippen molar-refractivity contribution in [2.45, 2.75) is 51.1 Å². The third-order valence-electron chi connectivity index (χ3n) is 3.68.